The predicted octanol–water partition coefficient (Wildman–Crippen LogP) is 4.25. The lowest BCUT2D eigenvalue weighted by Crippen LogP contribution is -2.13. The average molecular weight is 374 g/mol. The number of carbonyl (C=O) groups is 1. The molecule has 2 aromatic heterocycles. The summed E-state index contributed by atoms with van der Waals surface area (Å²) in [7, 11) is 0. The molecule has 0 saturated carbocycles. The van der Waals surface area contributed by atoms with E-state index in [1.165, 1.54) is 0 Å². The lowest BCUT2D eigenvalue weighted by Gasteiger charge is -2.14. The minimum absolute atomic E-state index is 0.323. The Balaban J connectivity index is 1.62. The Morgan fingerprint density at radius 3 is 2.86 bits per heavy atom. The van der Waals surface area contributed by atoms with Gasteiger partial charge in [-0.3, -0.25) is 4.98 Å². The topological polar surface area (TPSA) is 79.9 Å². The number of hydrogen-bond acceptors (Lipinski definition) is 5. The zero-order valence-corrected chi connectivity index (χ0v) is 16.0. The highest BCUT2D eigenvalue weighted by Gasteiger charge is 2.17. The summed E-state index contributed by atoms with van der Waals surface area (Å²) in [6.07, 6.45) is 2.30. The molecule has 0 atom stereocenters. The number of para-hydroxylation sites is 3. The molecule has 4 aromatic rings. The lowest BCUT2D eigenvalue weighted by molar-refractivity contribution is 0.0527. The number of ether oxygens (including phenoxy) is 1. The highest BCUT2D eigenvalue weighted by Crippen LogP contribution is 2.28. The number of esters is 1. The van der Waals surface area contributed by atoms with Crippen molar-refractivity contribution in [1.29, 1.82) is 0 Å². The number of aromatic nitrogens is 3. The summed E-state index contributed by atoms with van der Waals surface area (Å²) < 4.78 is 5.21. The number of H-pyrrole nitrogens is 1. The molecule has 6 heteroatoms. The maximum absolute atomic E-state index is 12.4. The van der Waals surface area contributed by atoms with Crippen LogP contribution in [0.5, 0.6) is 0 Å². The molecule has 2 N–H and O–H groups in total. The van der Waals surface area contributed by atoms with Crippen molar-refractivity contribution in [2.24, 2.45) is 0 Å². The summed E-state index contributed by atoms with van der Waals surface area (Å²) in [6.45, 7) is 4.76. The van der Waals surface area contributed by atoms with E-state index in [1.807, 2.05) is 49.4 Å². The number of aryl methyl sites for hydroxylation is 1. The second-order valence-corrected chi connectivity index (χ2v) is 6.62. The van der Waals surface area contributed by atoms with E-state index in [4.69, 9.17) is 4.74 Å². The van der Waals surface area contributed by atoms with E-state index in [0.29, 0.717) is 25.1 Å². The largest absolute Gasteiger partial charge is 0.462 e. The van der Waals surface area contributed by atoms with Crippen LogP contribution in [0.3, 0.4) is 0 Å². The van der Waals surface area contributed by atoms with Gasteiger partial charge in [-0.05, 0) is 31.5 Å². The van der Waals surface area contributed by atoms with Crippen molar-refractivity contribution in [1.82, 2.24) is 15.0 Å². The zero-order chi connectivity index (χ0) is 19.5. The third-order valence-electron chi connectivity index (χ3n) is 4.70. The van der Waals surface area contributed by atoms with E-state index in [-0.39, 0.29) is 5.97 Å². The van der Waals surface area contributed by atoms with Crippen LogP contribution in [0.25, 0.3) is 21.9 Å². The van der Waals surface area contributed by atoms with Crippen molar-refractivity contribution in [3.63, 3.8) is 0 Å². The van der Waals surface area contributed by atoms with Crippen LogP contribution in [0.4, 0.5) is 5.69 Å². The number of benzene rings is 2. The molecule has 0 amide bonds. The summed E-state index contributed by atoms with van der Waals surface area (Å²) in [5.41, 5.74) is 5.12. The number of nitrogens with one attached hydrogen (secondary N) is 2. The molecule has 0 bridgehead atoms. The van der Waals surface area contributed by atoms with Crippen LogP contribution < -0.4 is 5.32 Å². The quantitative estimate of drug-likeness (QED) is 0.493. The predicted molar refractivity (Wildman–Crippen MR) is 111 cm³/mol. The fourth-order valence-electron chi connectivity index (χ4n) is 3.35. The molecule has 6 nitrogen and oxygen atoms in total. The Labute approximate surface area is 163 Å². The number of anilines is 1. The highest BCUT2D eigenvalue weighted by molar-refractivity contribution is 6.05. The van der Waals surface area contributed by atoms with Gasteiger partial charge in [0.05, 0.1) is 28.8 Å². The summed E-state index contributed by atoms with van der Waals surface area (Å²) in [4.78, 5) is 24.8. The zero-order valence-electron chi connectivity index (χ0n) is 16.0. The maximum Gasteiger partial charge on any atom is 0.341 e. The summed E-state index contributed by atoms with van der Waals surface area (Å²) in [5, 5.41) is 4.33. The molecule has 0 fully saturated rings. The van der Waals surface area contributed by atoms with Crippen LogP contribution in [0.1, 0.15) is 28.7 Å². The van der Waals surface area contributed by atoms with Gasteiger partial charge in [-0.15, -0.1) is 0 Å². The van der Waals surface area contributed by atoms with Gasteiger partial charge in [-0.2, -0.15) is 0 Å². The number of fused-ring (bicyclic) bond motifs is 2. The first-order valence-corrected chi connectivity index (χ1v) is 9.40. The third kappa shape index (κ3) is 3.41. The van der Waals surface area contributed by atoms with E-state index >= 15 is 0 Å². The van der Waals surface area contributed by atoms with Crippen molar-refractivity contribution in [3.8, 4) is 0 Å². The van der Waals surface area contributed by atoms with Crippen LogP contribution in [-0.2, 0) is 11.2 Å². The van der Waals surface area contributed by atoms with Gasteiger partial charge in [-0.1, -0.05) is 30.3 Å². The van der Waals surface area contributed by atoms with Crippen molar-refractivity contribution in [3.05, 3.63) is 65.6 Å². The molecule has 0 aliphatic heterocycles. The first kappa shape index (κ1) is 18.0. The molecule has 2 aromatic carbocycles. The summed E-state index contributed by atoms with van der Waals surface area (Å²) >= 11 is 0. The van der Waals surface area contributed by atoms with E-state index in [0.717, 1.165) is 39.0 Å². The molecule has 142 valence electrons. The third-order valence-corrected chi connectivity index (χ3v) is 4.70. The van der Waals surface area contributed by atoms with Gasteiger partial charge >= 0.3 is 5.97 Å². The smallest absolute Gasteiger partial charge is 0.341 e. The number of aromatic amines is 1. The number of hydrogen-bond donors (Lipinski definition) is 2. The van der Waals surface area contributed by atoms with Crippen molar-refractivity contribution in [2.45, 2.75) is 20.3 Å². The number of imidazole rings is 1. The Morgan fingerprint density at radius 2 is 2.04 bits per heavy atom. The van der Waals surface area contributed by atoms with Crippen molar-refractivity contribution in [2.75, 3.05) is 18.5 Å². The van der Waals surface area contributed by atoms with Crippen LogP contribution in [0.15, 0.2) is 48.7 Å². The first-order chi connectivity index (χ1) is 13.7. The fraction of sp³-hybridized carbons (Fsp3) is 0.227. The molecule has 4 rings (SSSR count). The van der Waals surface area contributed by atoms with Crippen molar-refractivity contribution >= 4 is 33.6 Å². The van der Waals surface area contributed by atoms with E-state index < -0.39 is 0 Å². The lowest BCUT2D eigenvalue weighted by atomic mass is 10.1. The number of rotatable bonds is 6. The monoisotopic (exact) mass is 374 g/mol. The highest BCUT2D eigenvalue weighted by atomic mass is 16.5. The molecule has 0 unspecified atom stereocenters. The second kappa shape index (κ2) is 7.68. The van der Waals surface area contributed by atoms with Gasteiger partial charge in [-0.25, -0.2) is 9.78 Å². The second-order valence-electron chi connectivity index (χ2n) is 6.62. The van der Waals surface area contributed by atoms with Gasteiger partial charge in [0.1, 0.15) is 11.4 Å². The molecule has 0 saturated heterocycles. The molecule has 0 aliphatic carbocycles. The first-order valence-electron chi connectivity index (χ1n) is 9.40. The molecule has 0 spiro atoms. The van der Waals surface area contributed by atoms with Gasteiger partial charge in [0.25, 0.3) is 0 Å². The minimum Gasteiger partial charge on any atom is -0.462 e. The standard InChI is InChI=1S/C22H22N4O2/c1-3-28-22(27)16-13-24-20-14(2)7-6-8-15(20)21(16)23-12-11-19-25-17-9-4-5-10-18(17)26-19/h4-10,13H,3,11-12H2,1-2H3,(H,23,24)(H,25,26). The summed E-state index contributed by atoms with van der Waals surface area (Å²) in [6, 6.07) is 13.9. The maximum atomic E-state index is 12.4. The summed E-state index contributed by atoms with van der Waals surface area (Å²) in [5.74, 6) is 0.533. The molecule has 2 heterocycles. The average Bonchev–Trinajstić information content (AvgIpc) is 3.11. The van der Waals surface area contributed by atoms with Crippen LogP contribution in [0.2, 0.25) is 0 Å². The molecular weight excluding hydrogens is 352 g/mol. The molecule has 0 radical (unpaired) electrons. The van der Waals surface area contributed by atoms with Crippen LogP contribution >= 0.6 is 0 Å². The molecule has 28 heavy (non-hydrogen) atoms. The van der Waals surface area contributed by atoms with Crippen molar-refractivity contribution < 1.29 is 9.53 Å². The van der Waals surface area contributed by atoms with Crippen LogP contribution in [0, 0.1) is 6.92 Å². The van der Waals surface area contributed by atoms with E-state index in [2.05, 4.69) is 20.3 Å². The Morgan fingerprint density at radius 1 is 1.18 bits per heavy atom. The van der Waals surface area contributed by atoms with Gasteiger partial charge in [0.2, 0.25) is 0 Å². The molecule has 0 aliphatic rings. The van der Waals surface area contributed by atoms with Gasteiger partial charge in [0.15, 0.2) is 0 Å². The minimum atomic E-state index is -0.371. The van der Waals surface area contributed by atoms with E-state index in [1.54, 1.807) is 13.1 Å². The van der Waals surface area contributed by atoms with Crippen LogP contribution in [-0.4, -0.2) is 34.1 Å². The van der Waals surface area contributed by atoms with Gasteiger partial charge in [0, 0.05) is 24.5 Å². The number of nitrogens with zero attached hydrogens (tertiary/aromatic N) is 2. The Bertz CT molecular complexity index is 1120. The number of carbonyl (C=O) groups excluding carboxylic acids is 1. The number of pyridine rings is 1. The SMILES string of the molecule is CCOC(=O)c1cnc2c(C)cccc2c1NCCc1nc2ccccc2[nH]1. The Kier molecular flexibility index (Phi) is 4.93. The van der Waals surface area contributed by atoms with E-state index in [9.17, 15) is 4.79 Å². The van der Waals surface area contributed by atoms with Gasteiger partial charge < -0.3 is 15.0 Å². The Hall–Kier alpha value is -3.41. The normalized spacial score (nSPS) is 11.1. The molecular formula is C22H22N4O2. The fourth-order valence-corrected chi connectivity index (χ4v) is 3.35.